The molecule has 0 atom stereocenters. The summed E-state index contributed by atoms with van der Waals surface area (Å²) in [4.78, 5) is 14.6. The predicted octanol–water partition coefficient (Wildman–Crippen LogP) is 4.63. The van der Waals surface area contributed by atoms with Crippen LogP contribution in [0.1, 0.15) is 49.9 Å². The molecule has 1 fully saturated rings. The summed E-state index contributed by atoms with van der Waals surface area (Å²) in [6.07, 6.45) is 4.39. The van der Waals surface area contributed by atoms with E-state index in [1.807, 2.05) is 4.90 Å². The number of hydrogen-bond donors (Lipinski definition) is 0. The summed E-state index contributed by atoms with van der Waals surface area (Å²) in [5.74, 6) is -0.232. The number of hydrogen-bond acceptors (Lipinski definition) is 1. The van der Waals surface area contributed by atoms with Crippen LogP contribution in [0.25, 0.3) is 0 Å². The van der Waals surface area contributed by atoms with Crippen LogP contribution in [0.2, 0.25) is 0 Å². The minimum atomic E-state index is -0.440. The lowest BCUT2D eigenvalue weighted by molar-refractivity contribution is 0.0650. The van der Waals surface area contributed by atoms with E-state index in [4.69, 9.17) is 0 Å². The number of nitrogens with zero attached hydrogens (tertiary/aromatic N) is 1. The highest BCUT2D eigenvalue weighted by molar-refractivity contribution is 9.10. The molecule has 1 amide bonds. The van der Waals surface area contributed by atoms with E-state index in [-0.39, 0.29) is 17.5 Å². The Balaban J connectivity index is 2.27. The van der Waals surface area contributed by atoms with E-state index in [1.54, 1.807) is 12.1 Å². The number of amides is 1. The molecule has 0 bridgehead atoms. The topological polar surface area (TPSA) is 20.3 Å². The van der Waals surface area contributed by atoms with E-state index in [2.05, 4.69) is 29.8 Å². The lowest BCUT2D eigenvalue weighted by Crippen LogP contribution is -2.41. The van der Waals surface area contributed by atoms with Crippen LogP contribution in [0, 0.1) is 11.7 Å². The van der Waals surface area contributed by atoms with Gasteiger partial charge in [0.05, 0.1) is 5.56 Å². The number of benzene rings is 1. The van der Waals surface area contributed by atoms with Gasteiger partial charge in [-0.05, 0) is 37.0 Å². The molecule has 20 heavy (non-hydrogen) atoms. The molecule has 2 nitrogen and oxygen atoms in total. The third kappa shape index (κ3) is 3.60. The molecule has 0 unspecified atom stereocenters. The van der Waals surface area contributed by atoms with Crippen LogP contribution in [-0.4, -0.2) is 23.4 Å². The van der Waals surface area contributed by atoms with Gasteiger partial charge >= 0.3 is 0 Å². The Labute approximate surface area is 128 Å². The number of halogens is 2. The van der Waals surface area contributed by atoms with Gasteiger partial charge in [-0.2, -0.15) is 0 Å². The minimum absolute atomic E-state index is 0.173. The summed E-state index contributed by atoms with van der Waals surface area (Å²) in [5, 5.41) is 0. The third-order valence-corrected chi connectivity index (χ3v) is 4.24. The van der Waals surface area contributed by atoms with E-state index < -0.39 is 5.82 Å². The highest BCUT2D eigenvalue weighted by atomic mass is 79.9. The summed E-state index contributed by atoms with van der Waals surface area (Å²) in [6, 6.07) is 4.82. The summed E-state index contributed by atoms with van der Waals surface area (Å²) >= 11 is 3.31. The highest BCUT2D eigenvalue weighted by Crippen LogP contribution is 2.27. The maximum Gasteiger partial charge on any atom is 0.257 e. The first-order chi connectivity index (χ1) is 9.49. The Hall–Kier alpha value is -0.900. The summed E-state index contributed by atoms with van der Waals surface area (Å²) in [6.45, 7) is 4.87. The molecule has 0 aliphatic heterocycles. The van der Waals surface area contributed by atoms with Gasteiger partial charge in [0.2, 0.25) is 0 Å². The van der Waals surface area contributed by atoms with E-state index in [0.717, 1.165) is 30.2 Å². The molecule has 0 aromatic heterocycles. The van der Waals surface area contributed by atoms with Crippen molar-refractivity contribution < 1.29 is 9.18 Å². The van der Waals surface area contributed by atoms with Gasteiger partial charge in [0.25, 0.3) is 5.91 Å². The van der Waals surface area contributed by atoms with Crippen molar-refractivity contribution in [1.82, 2.24) is 4.90 Å². The average Bonchev–Trinajstić information content (AvgIpc) is 2.91. The zero-order valence-electron chi connectivity index (χ0n) is 12.0. The van der Waals surface area contributed by atoms with E-state index >= 15 is 0 Å². The second-order valence-corrected chi connectivity index (χ2v) is 6.83. The second kappa shape index (κ2) is 6.70. The maximum atomic E-state index is 13.9. The SMILES string of the molecule is CC(C)CN(C(=O)c1cc(Br)ccc1F)C1CCCC1. The van der Waals surface area contributed by atoms with Crippen LogP contribution in [0.4, 0.5) is 4.39 Å². The van der Waals surface area contributed by atoms with Crippen LogP contribution < -0.4 is 0 Å². The van der Waals surface area contributed by atoms with Crippen molar-refractivity contribution in [2.75, 3.05) is 6.54 Å². The normalized spacial score (nSPS) is 15.8. The van der Waals surface area contributed by atoms with Gasteiger partial charge in [0.15, 0.2) is 0 Å². The zero-order chi connectivity index (χ0) is 14.7. The molecule has 1 aromatic carbocycles. The second-order valence-electron chi connectivity index (χ2n) is 5.91. The van der Waals surface area contributed by atoms with Crippen LogP contribution in [-0.2, 0) is 0 Å². The van der Waals surface area contributed by atoms with Gasteiger partial charge in [0, 0.05) is 17.1 Å². The van der Waals surface area contributed by atoms with E-state index in [0.29, 0.717) is 12.5 Å². The van der Waals surface area contributed by atoms with Crippen LogP contribution in [0.15, 0.2) is 22.7 Å². The van der Waals surface area contributed by atoms with Gasteiger partial charge in [-0.1, -0.05) is 42.6 Å². The Kier molecular flexibility index (Phi) is 5.19. The summed E-state index contributed by atoms with van der Waals surface area (Å²) < 4.78 is 14.7. The lowest BCUT2D eigenvalue weighted by Gasteiger charge is -2.31. The van der Waals surface area contributed by atoms with Gasteiger partial charge in [-0.15, -0.1) is 0 Å². The molecule has 0 radical (unpaired) electrons. The molecule has 4 heteroatoms. The van der Waals surface area contributed by atoms with Crippen molar-refractivity contribution >= 4 is 21.8 Å². The fraction of sp³-hybridized carbons (Fsp3) is 0.562. The molecule has 0 spiro atoms. The van der Waals surface area contributed by atoms with Crippen molar-refractivity contribution in [1.29, 1.82) is 0 Å². The van der Waals surface area contributed by atoms with Crippen molar-refractivity contribution in [3.63, 3.8) is 0 Å². The average molecular weight is 342 g/mol. The minimum Gasteiger partial charge on any atom is -0.335 e. The number of carbonyl (C=O) groups is 1. The molecular weight excluding hydrogens is 321 g/mol. The molecule has 1 aliphatic rings. The number of rotatable bonds is 4. The molecule has 1 aliphatic carbocycles. The fourth-order valence-electron chi connectivity index (χ4n) is 2.82. The van der Waals surface area contributed by atoms with E-state index in [1.165, 1.54) is 6.07 Å². The van der Waals surface area contributed by atoms with Gasteiger partial charge < -0.3 is 4.90 Å². The standard InChI is InChI=1S/C16H21BrFNO/c1-11(2)10-19(13-5-3-4-6-13)16(20)14-9-12(17)7-8-15(14)18/h7-9,11,13H,3-6,10H2,1-2H3. The highest BCUT2D eigenvalue weighted by Gasteiger charge is 2.29. The molecule has 110 valence electrons. The molecule has 0 saturated heterocycles. The van der Waals surface area contributed by atoms with Crippen LogP contribution in [0.5, 0.6) is 0 Å². The smallest absolute Gasteiger partial charge is 0.257 e. The Bertz CT molecular complexity index is 483. The van der Waals surface area contributed by atoms with Gasteiger partial charge in [-0.3, -0.25) is 4.79 Å². The van der Waals surface area contributed by atoms with Gasteiger partial charge in [-0.25, -0.2) is 4.39 Å². The van der Waals surface area contributed by atoms with Crippen molar-refractivity contribution in [2.45, 2.75) is 45.6 Å². The molecule has 2 rings (SSSR count). The van der Waals surface area contributed by atoms with E-state index in [9.17, 15) is 9.18 Å². The van der Waals surface area contributed by atoms with Crippen molar-refractivity contribution in [3.05, 3.63) is 34.1 Å². The first-order valence-electron chi connectivity index (χ1n) is 7.25. The van der Waals surface area contributed by atoms with Crippen molar-refractivity contribution in [3.8, 4) is 0 Å². The van der Waals surface area contributed by atoms with Crippen molar-refractivity contribution in [2.24, 2.45) is 5.92 Å². The first-order valence-corrected chi connectivity index (χ1v) is 8.04. The number of carbonyl (C=O) groups excluding carboxylic acids is 1. The lowest BCUT2D eigenvalue weighted by atomic mass is 10.1. The molecule has 1 saturated carbocycles. The largest absolute Gasteiger partial charge is 0.335 e. The summed E-state index contributed by atoms with van der Waals surface area (Å²) in [7, 11) is 0. The van der Waals surface area contributed by atoms with Crippen LogP contribution in [0.3, 0.4) is 0 Å². The first kappa shape index (κ1) is 15.5. The Morgan fingerprint density at radius 2 is 2.05 bits per heavy atom. The fourth-order valence-corrected chi connectivity index (χ4v) is 3.18. The molecule has 0 N–H and O–H groups in total. The quantitative estimate of drug-likeness (QED) is 0.781. The van der Waals surface area contributed by atoms with Gasteiger partial charge in [0.1, 0.15) is 5.82 Å². The Morgan fingerprint density at radius 1 is 1.40 bits per heavy atom. The molecule has 0 heterocycles. The monoisotopic (exact) mass is 341 g/mol. The maximum absolute atomic E-state index is 13.9. The Morgan fingerprint density at radius 3 is 2.65 bits per heavy atom. The predicted molar refractivity (Wildman–Crippen MR) is 82.2 cm³/mol. The molecular formula is C16H21BrFNO. The third-order valence-electron chi connectivity index (χ3n) is 3.75. The zero-order valence-corrected chi connectivity index (χ0v) is 13.6. The summed E-state index contributed by atoms with van der Waals surface area (Å²) in [5.41, 5.74) is 0.173. The molecule has 1 aromatic rings. The van der Waals surface area contributed by atoms with Crippen LogP contribution >= 0.6 is 15.9 Å².